The van der Waals surface area contributed by atoms with E-state index >= 15 is 0 Å². The number of hydrogen-bond donors (Lipinski definition) is 1. The van der Waals surface area contributed by atoms with Crippen molar-refractivity contribution in [3.63, 3.8) is 0 Å². The lowest BCUT2D eigenvalue weighted by atomic mass is 10.2. The van der Waals surface area contributed by atoms with Crippen LogP contribution in [0, 0.1) is 5.82 Å². The summed E-state index contributed by atoms with van der Waals surface area (Å²) in [4.78, 5) is 4.16. The highest BCUT2D eigenvalue weighted by molar-refractivity contribution is 6.31. The van der Waals surface area contributed by atoms with E-state index < -0.39 is 5.82 Å². The van der Waals surface area contributed by atoms with E-state index in [-0.39, 0.29) is 10.6 Å². The van der Waals surface area contributed by atoms with Crippen molar-refractivity contribution in [2.75, 3.05) is 5.73 Å². The number of hydrogen-bond acceptors (Lipinski definition) is 2. The second kappa shape index (κ2) is 2.88. The van der Waals surface area contributed by atoms with Crippen LogP contribution in [0.25, 0.3) is 11.0 Å². The Labute approximate surface area is 97.0 Å². The van der Waals surface area contributed by atoms with E-state index in [1.807, 2.05) is 4.57 Å². The summed E-state index contributed by atoms with van der Waals surface area (Å²) in [5, 5.41) is 0.109. The Hall–Kier alpha value is -1.29. The third kappa shape index (κ3) is 1.23. The molecule has 0 unspecified atom stereocenters. The molecule has 3 nitrogen and oxygen atoms in total. The molecular formula is C11H11ClFN3. The van der Waals surface area contributed by atoms with E-state index in [2.05, 4.69) is 11.9 Å². The first-order valence-electron chi connectivity index (χ1n) is 5.15. The van der Waals surface area contributed by atoms with Crippen molar-refractivity contribution >= 4 is 28.6 Å². The first kappa shape index (κ1) is 9.90. The standard InChI is InChI=1S/C11H11ClFN3/c1-11(2-3-11)16-9-4-6(12)7(13)5-8(9)15-10(16)14/h4-5H,2-3H2,1H3,(H2,14,15). The summed E-state index contributed by atoms with van der Waals surface area (Å²) in [5.74, 6) is -0.0311. The molecule has 0 saturated heterocycles. The van der Waals surface area contributed by atoms with Gasteiger partial charge in [0.1, 0.15) is 5.82 Å². The van der Waals surface area contributed by atoms with Gasteiger partial charge >= 0.3 is 0 Å². The number of halogens is 2. The van der Waals surface area contributed by atoms with Crippen LogP contribution in [0.15, 0.2) is 12.1 Å². The molecule has 3 rings (SSSR count). The molecule has 1 saturated carbocycles. The van der Waals surface area contributed by atoms with Gasteiger partial charge in [-0.15, -0.1) is 0 Å². The Morgan fingerprint density at radius 1 is 1.50 bits per heavy atom. The molecule has 1 aliphatic rings. The Morgan fingerprint density at radius 2 is 2.19 bits per heavy atom. The summed E-state index contributed by atoms with van der Waals surface area (Å²) >= 11 is 5.78. The summed E-state index contributed by atoms with van der Waals surface area (Å²) in [5.41, 5.74) is 7.27. The number of nitrogen functional groups attached to an aromatic ring is 1. The van der Waals surface area contributed by atoms with Crippen molar-refractivity contribution in [3.8, 4) is 0 Å². The van der Waals surface area contributed by atoms with Gasteiger partial charge in [-0.1, -0.05) is 11.6 Å². The van der Waals surface area contributed by atoms with Crippen LogP contribution < -0.4 is 5.73 Å². The lowest BCUT2D eigenvalue weighted by Crippen LogP contribution is -2.14. The lowest BCUT2D eigenvalue weighted by molar-refractivity contribution is 0.556. The van der Waals surface area contributed by atoms with E-state index in [0.29, 0.717) is 11.5 Å². The Balaban J connectivity index is 2.35. The molecule has 0 aliphatic heterocycles. The fourth-order valence-corrected chi connectivity index (χ4v) is 2.22. The topological polar surface area (TPSA) is 43.8 Å². The predicted molar refractivity (Wildman–Crippen MR) is 62.0 cm³/mol. The summed E-state index contributed by atoms with van der Waals surface area (Å²) in [6.45, 7) is 2.11. The molecule has 0 radical (unpaired) electrons. The lowest BCUT2D eigenvalue weighted by Gasteiger charge is -2.13. The maximum Gasteiger partial charge on any atom is 0.201 e. The van der Waals surface area contributed by atoms with Crippen LogP contribution in [0.4, 0.5) is 10.3 Å². The molecule has 0 atom stereocenters. The normalized spacial score (nSPS) is 17.9. The van der Waals surface area contributed by atoms with Crippen LogP contribution in [-0.2, 0) is 5.54 Å². The maximum atomic E-state index is 13.3. The third-order valence-corrected chi connectivity index (χ3v) is 3.53. The molecular weight excluding hydrogens is 229 g/mol. The van der Waals surface area contributed by atoms with Gasteiger partial charge in [0.05, 0.1) is 16.1 Å². The molecule has 1 fully saturated rings. The average molecular weight is 240 g/mol. The molecule has 0 amide bonds. The van der Waals surface area contributed by atoms with Gasteiger partial charge in [0, 0.05) is 11.6 Å². The van der Waals surface area contributed by atoms with Crippen molar-refractivity contribution in [1.82, 2.24) is 9.55 Å². The number of nitrogens with zero attached hydrogens (tertiary/aromatic N) is 2. The highest BCUT2D eigenvalue weighted by Gasteiger charge is 2.41. The number of aromatic nitrogens is 2. The van der Waals surface area contributed by atoms with Crippen LogP contribution >= 0.6 is 11.6 Å². The Bertz CT molecular complexity index is 586. The van der Waals surface area contributed by atoms with E-state index in [9.17, 15) is 4.39 Å². The minimum atomic E-state index is -0.459. The second-order valence-electron chi connectivity index (χ2n) is 4.56. The molecule has 1 aliphatic carbocycles. The monoisotopic (exact) mass is 239 g/mol. The van der Waals surface area contributed by atoms with Gasteiger partial charge < -0.3 is 10.3 Å². The van der Waals surface area contributed by atoms with E-state index in [1.54, 1.807) is 6.07 Å². The van der Waals surface area contributed by atoms with Gasteiger partial charge in [-0.3, -0.25) is 0 Å². The summed E-state index contributed by atoms with van der Waals surface area (Å²) in [6, 6.07) is 2.93. The smallest absolute Gasteiger partial charge is 0.201 e. The summed E-state index contributed by atoms with van der Waals surface area (Å²) in [7, 11) is 0. The van der Waals surface area contributed by atoms with Crippen LogP contribution in [0.3, 0.4) is 0 Å². The fourth-order valence-electron chi connectivity index (χ4n) is 2.06. The molecule has 16 heavy (non-hydrogen) atoms. The molecule has 1 aromatic carbocycles. The largest absolute Gasteiger partial charge is 0.369 e. The third-order valence-electron chi connectivity index (χ3n) is 3.24. The van der Waals surface area contributed by atoms with Crippen LogP contribution in [0.2, 0.25) is 5.02 Å². The fraction of sp³-hybridized carbons (Fsp3) is 0.364. The van der Waals surface area contributed by atoms with E-state index in [0.717, 1.165) is 18.4 Å². The number of imidazole rings is 1. The Kier molecular flexibility index (Phi) is 1.79. The number of nitrogens with two attached hydrogens (primary N) is 1. The highest BCUT2D eigenvalue weighted by atomic mass is 35.5. The molecule has 0 spiro atoms. The molecule has 84 valence electrons. The molecule has 2 aromatic rings. The molecule has 2 N–H and O–H groups in total. The first-order chi connectivity index (χ1) is 7.51. The molecule has 1 aromatic heterocycles. The second-order valence-corrected chi connectivity index (χ2v) is 4.96. The number of rotatable bonds is 1. The van der Waals surface area contributed by atoms with Crippen molar-refractivity contribution in [2.24, 2.45) is 0 Å². The van der Waals surface area contributed by atoms with Crippen molar-refractivity contribution in [3.05, 3.63) is 23.0 Å². The van der Waals surface area contributed by atoms with Gasteiger partial charge in [0.25, 0.3) is 0 Å². The quantitative estimate of drug-likeness (QED) is 0.832. The maximum absolute atomic E-state index is 13.3. The SMILES string of the molecule is CC1(n2c(N)nc3cc(F)c(Cl)cc32)CC1. The van der Waals surface area contributed by atoms with E-state index in [4.69, 9.17) is 17.3 Å². The summed E-state index contributed by atoms with van der Waals surface area (Å²) in [6.07, 6.45) is 2.13. The van der Waals surface area contributed by atoms with Crippen molar-refractivity contribution in [1.29, 1.82) is 0 Å². The average Bonchev–Trinajstić information content (AvgIpc) is 2.84. The summed E-state index contributed by atoms with van der Waals surface area (Å²) < 4.78 is 15.2. The van der Waals surface area contributed by atoms with Crippen molar-refractivity contribution < 1.29 is 4.39 Å². The molecule has 0 bridgehead atoms. The van der Waals surface area contributed by atoms with Gasteiger partial charge in [-0.2, -0.15) is 0 Å². The number of benzene rings is 1. The van der Waals surface area contributed by atoms with Crippen LogP contribution in [0.5, 0.6) is 0 Å². The van der Waals surface area contributed by atoms with Gasteiger partial charge in [0.2, 0.25) is 5.95 Å². The minimum Gasteiger partial charge on any atom is -0.369 e. The highest BCUT2D eigenvalue weighted by Crippen LogP contribution is 2.46. The first-order valence-corrected chi connectivity index (χ1v) is 5.52. The zero-order chi connectivity index (χ0) is 11.5. The Morgan fingerprint density at radius 3 is 2.81 bits per heavy atom. The van der Waals surface area contributed by atoms with Gasteiger partial charge in [-0.05, 0) is 25.8 Å². The van der Waals surface area contributed by atoms with Gasteiger partial charge in [0.15, 0.2) is 0 Å². The van der Waals surface area contributed by atoms with E-state index in [1.165, 1.54) is 6.07 Å². The predicted octanol–water partition coefficient (Wildman–Crippen LogP) is 2.92. The molecule has 1 heterocycles. The minimum absolute atomic E-state index is 0.0278. The number of anilines is 1. The van der Waals surface area contributed by atoms with Crippen molar-refractivity contribution in [2.45, 2.75) is 25.3 Å². The van der Waals surface area contributed by atoms with Gasteiger partial charge in [-0.25, -0.2) is 9.37 Å². The van der Waals surface area contributed by atoms with Crippen LogP contribution in [-0.4, -0.2) is 9.55 Å². The molecule has 5 heteroatoms. The number of fused-ring (bicyclic) bond motifs is 1. The zero-order valence-corrected chi connectivity index (χ0v) is 9.55. The zero-order valence-electron chi connectivity index (χ0n) is 8.80. The van der Waals surface area contributed by atoms with Crippen LogP contribution in [0.1, 0.15) is 19.8 Å².